The van der Waals surface area contributed by atoms with Crippen molar-refractivity contribution in [3.63, 3.8) is 0 Å². The van der Waals surface area contributed by atoms with Gasteiger partial charge in [0.2, 0.25) is 17.7 Å². The Hall–Kier alpha value is -2.20. The maximum atomic E-state index is 12.3. The second-order valence-corrected chi connectivity index (χ2v) is 6.26. The van der Waals surface area contributed by atoms with Gasteiger partial charge in [-0.3, -0.25) is 14.4 Å². The fourth-order valence-electron chi connectivity index (χ4n) is 2.31. The Kier molecular flexibility index (Phi) is 14.6. The van der Waals surface area contributed by atoms with Gasteiger partial charge in [-0.05, 0) is 12.8 Å². The number of hydrogen-bond donors (Lipinski definition) is 4. The summed E-state index contributed by atoms with van der Waals surface area (Å²) in [6.07, 6.45) is 3.99. The lowest BCUT2D eigenvalue weighted by Gasteiger charge is -2.19. The monoisotopic (exact) mass is 402 g/mol. The number of nitrogens with one attached hydrogen (secondary N) is 3. The number of amides is 3. The molecule has 0 aromatic heterocycles. The Morgan fingerprint density at radius 2 is 1.64 bits per heavy atom. The zero-order chi connectivity index (χ0) is 21.4. The van der Waals surface area contributed by atoms with Gasteiger partial charge < -0.3 is 31.2 Å². The number of unbranched alkanes of at least 4 members (excludes halogenated alkanes) is 2. The third-order valence-corrected chi connectivity index (χ3v) is 3.84. The third kappa shape index (κ3) is 11.5. The van der Waals surface area contributed by atoms with Gasteiger partial charge in [-0.25, -0.2) is 4.79 Å². The van der Waals surface area contributed by atoms with Crippen LogP contribution in [-0.4, -0.2) is 69.2 Å². The highest BCUT2D eigenvalue weighted by atomic mass is 16.5. The van der Waals surface area contributed by atoms with Crippen LogP contribution in [0.15, 0.2) is 0 Å². The first-order chi connectivity index (χ1) is 13.4. The molecule has 162 valence electrons. The summed E-state index contributed by atoms with van der Waals surface area (Å²) in [5, 5.41) is 7.41. The number of rotatable bonds is 15. The lowest BCUT2D eigenvalue weighted by Crippen LogP contribution is -2.53. The molecule has 3 amide bonds. The molecule has 0 fully saturated rings. The molecule has 0 saturated carbocycles. The molecular weight excluding hydrogens is 368 g/mol. The first-order valence-corrected chi connectivity index (χ1v) is 9.61. The van der Waals surface area contributed by atoms with Crippen molar-refractivity contribution in [2.45, 2.75) is 58.0 Å². The van der Waals surface area contributed by atoms with Crippen LogP contribution in [0, 0.1) is 0 Å². The van der Waals surface area contributed by atoms with Gasteiger partial charge in [-0.2, -0.15) is 0 Å². The zero-order valence-electron chi connectivity index (χ0n) is 17.0. The van der Waals surface area contributed by atoms with Gasteiger partial charge in [0.05, 0.1) is 26.8 Å². The average molecular weight is 402 g/mol. The maximum absolute atomic E-state index is 12.3. The smallest absolute Gasteiger partial charge is 0.328 e. The van der Waals surface area contributed by atoms with Crippen LogP contribution in [-0.2, 0) is 28.7 Å². The lowest BCUT2D eigenvalue weighted by atomic mass is 10.1. The molecule has 0 radical (unpaired) electrons. The first-order valence-electron chi connectivity index (χ1n) is 9.61. The normalized spacial score (nSPS) is 12.6. The standard InChI is InChI=1S/C18H34N4O6/c1-4-6-7-9-28-12-14(22-15(23)10-19)17(25)20-11-16(24)21-13(8-5-2)18(26)27-3/h13-14H,4-12,19H2,1-3H3,(H,20,25)(H,21,24)(H,22,23). The molecular formula is C18H34N4O6. The van der Waals surface area contributed by atoms with Crippen LogP contribution < -0.4 is 21.7 Å². The summed E-state index contributed by atoms with van der Waals surface area (Å²) in [6.45, 7) is 3.76. The van der Waals surface area contributed by atoms with Gasteiger partial charge in [-0.15, -0.1) is 0 Å². The second-order valence-electron chi connectivity index (χ2n) is 6.26. The molecule has 10 heteroatoms. The summed E-state index contributed by atoms with van der Waals surface area (Å²) in [6, 6.07) is -1.73. The molecule has 0 rings (SSSR count). The van der Waals surface area contributed by atoms with Crippen molar-refractivity contribution in [2.24, 2.45) is 5.73 Å². The fourth-order valence-corrected chi connectivity index (χ4v) is 2.31. The minimum atomic E-state index is -0.961. The molecule has 2 unspecified atom stereocenters. The number of carbonyl (C=O) groups excluding carboxylic acids is 4. The van der Waals surface area contributed by atoms with Gasteiger partial charge >= 0.3 is 5.97 Å². The van der Waals surface area contributed by atoms with Crippen molar-refractivity contribution in [3.05, 3.63) is 0 Å². The Morgan fingerprint density at radius 1 is 0.964 bits per heavy atom. The number of esters is 1. The summed E-state index contributed by atoms with van der Waals surface area (Å²) >= 11 is 0. The predicted molar refractivity (Wildman–Crippen MR) is 103 cm³/mol. The molecule has 28 heavy (non-hydrogen) atoms. The topological polar surface area (TPSA) is 149 Å². The Bertz CT molecular complexity index is 500. The van der Waals surface area contributed by atoms with Crippen LogP contribution in [0.4, 0.5) is 0 Å². The Labute approximate surface area is 166 Å². The molecule has 0 aliphatic carbocycles. The highest BCUT2D eigenvalue weighted by Gasteiger charge is 2.23. The number of hydrogen-bond acceptors (Lipinski definition) is 7. The van der Waals surface area contributed by atoms with Crippen LogP contribution >= 0.6 is 0 Å². The van der Waals surface area contributed by atoms with Crippen LogP contribution in [0.3, 0.4) is 0 Å². The summed E-state index contributed by atoms with van der Waals surface area (Å²) in [5.41, 5.74) is 5.27. The van der Waals surface area contributed by atoms with E-state index in [0.717, 1.165) is 19.3 Å². The molecule has 0 aromatic rings. The maximum Gasteiger partial charge on any atom is 0.328 e. The molecule has 0 saturated heterocycles. The van der Waals surface area contributed by atoms with E-state index in [1.807, 2.05) is 6.92 Å². The Morgan fingerprint density at radius 3 is 2.21 bits per heavy atom. The van der Waals surface area contributed by atoms with E-state index in [0.29, 0.717) is 19.4 Å². The molecule has 0 heterocycles. The van der Waals surface area contributed by atoms with E-state index in [2.05, 4.69) is 27.6 Å². The van der Waals surface area contributed by atoms with Crippen molar-refractivity contribution < 1.29 is 28.7 Å². The van der Waals surface area contributed by atoms with Crippen molar-refractivity contribution in [1.29, 1.82) is 0 Å². The minimum Gasteiger partial charge on any atom is -0.467 e. The quantitative estimate of drug-likeness (QED) is 0.207. The number of carbonyl (C=O) groups is 4. The highest BCUT2D eigenvalue weighted by Crippen LogP contribution is 1.99. The van der Waals surface area contributed by atoms with Crippen molar-refractivity contribution in [3.8, 4) is 0 Å². The van der Waals surface area contributed by atoms with Gasteiger partial charge in [0.15, 0.2) is 0 Å². The molecule has 0 aliphatic heterocycles. The molecule has 0 aliphatic rings. The van der Waals surface area contributed by atoms with Crippen LogP contribution in [0.2, 0.25) is 0 Å². The predicted octanol–water partition coefficient (Wildman–Crippen LogP) is -0.789. The fraction of sp³-hybridized carbons (Fsp3) is 0.778. The van der Waals surface area contributed by atoms with Crippen LogP contribution in [0.5, 0.6) is 0 Å². The molecule has 0 spiro atoms. The van der Waals surface area contributed by atoms with Gasteiger partial charge in [-0.1, -0.05) is 33.1 Å². The molecule has 0 aromatic carbocycles. The highest BCUT2D eigenvalue weighted by molar-refractivity contribution is 5.92. The molecule has 0 bridgehead atoms. The van der Waals surface area contributed by atoms with Gasteiger partial charge in [0, 0.05) is 6.61 Å². The summed E-state index contributed by atoms with van der Waals surface area (Å²) in [5.74, 6) is -2.16. The molecule has 5 N–H and O–H groups in total. The molecule has 2 atom stereocenters. The summed E-state index contributed by atoms with van der Waals surface area (Å²) in [4.78, 5) is 47.5. The van der Waals surface area contributed by atoms with Crippen molar-refractivity contribution >= 4 is 23.7 Å². The summed E-state index contributed by atoms with van der Waals surface area (Å²) in [7, 11) is 1.24. The van der Waals surface area contributed by atoms with E-state index in [4.69, 9.17) is 10.5 Å². The molecule has 10 nitrogen and oxygen atoms in total. The first kappa shape index (κ1) is 25.8. The number of ether oxygens (including phenoxy) is 2. The SMILES string of the molecule is CCCCCOCC(NC(=O)CN)C(=O)NCC(=O)NC(CCC)C(=O)OC. The van der Waals surface area contributed by atoms with Gasteiger partial charge in [0.25, 0.3) is 0 Å². The third-order valence-electron chi connectivity index (χ3n) is 3.84. The Balaban J connectivity index is 4.58. The van der Waals surface area contributed by atoms with Crippen molar-refractivity contribution in [2.75, 3.05) is 33.4 Å². The van der Waals surface area contributed by atoms with Crippen LogP contribution in [0.25, 0.3) is 0 Å². The lowest BCUT2D eigenvalue weighted by molar-refractivity contribution is -0.145. The minimum absolute atomic E-state index is 0.0243. The van der Waals surface area contributed by atoms with E-state index in [1.54, 1.807) is 0 Å². The zero-order valence-corrected chi connectivity index (χ0v) is 17.0. The van der Waals surface area contributed by atoms with E-state index in [-0.39, 0.29) is 19.7 Å². The average Bonchev–Trinajstić information content (AvgIpc) is 2.69. The van der Waals surface area contributed by atoms with E-state index >= 15 is 0 Å². The van der Waals surface area contributed by atoms with Crippen molar-refractivity contribution in [1.82, 2.24) is 16.0 Å². The second kappa shape index (κ2) is 15.8. The van der Waals surface area contributed by atoms with E-state index in [1.165, 1.54) is 7.11 Å². The van der Waals surface area contributed by atoms with E-state index < -0.39 is 35.8 Å². The number of nitrogens with two attached hydrogens (primary N) is 1. The largest absolute Gasteiger partial charge is 0.467 e. The van der Waals surface area contributed by atoms with E-state index in [9.17, 15) is 19.2 Å². The van der Waals surface area contributed by atoms with Crippen LogP contribution in [0.1, 0.15) is 46.0 Å². The number of methoxy groups -OCH3 is 1. The summed E-state index contributed by atoms with van der Waals surface area (Å²) < 4.78 is 10.1. The van der Waals surface area contributed by atoms with Gasteiger partial charge in [0.1, 0.15) is 12.1 Å².